The van der Waals surface area contributed by atoms with E-state index in [9.17, 15) is 8.42 Å². The number of aromatic nitrogens is 1. The van der Waals surface area contributed by atoms with Gasteiger partial charge in [-0.15, -0.1) is 0 Å². The summed E-state index contributed by atoms with van der Waals surface area (Å²) < 4.78 is 33.1. The smallest absolute Gasteiger partial charge is 0.244 e. The molecule has 0 atom stereocenters. The second kappa shape index (κ2) is 6.33. The molecule has 0 spiro atoms. The first-order valence-corrected chi connectivity index (χ1v) is 9.19. The molecule has 0 saturated carbocycles. The van der Waals surface area contributed by atoms with Crippen molar-refractivity contribution < 1.29 is 12.8 Å². The molecule has 1 aliphatic rings. The van der Waals surface area contributed by atoms with Gasteiger partial charge in [0, 0.05) is 25.3 Å². The van der Waals surface area contributed by atoms with E-state index in [-0.39, 0.29) is 10.9 Å². The summed E-state index contributed by atoms with van der Waals surface area (Å²) in [6.07, 6.45) is 3.28. The molecule has 1 aliphatic heterocycles. The fraction of sp³-hybridized carbons (Fsp3) is 0.438. The summed E-state index contributed by atoms with van der Waals surface area (Å²) in [7, 11) is -3.53. The van der Waals surface area contributed by atoms with Crippen LogP contribution in [-0.2, 0) is 10.0 Å². The van der Waals surface area contributed by atoms with Crippen molar-refractivity contribution >= 4 is 15.8 Å². The SMILES string of the molecule is Cc1cc(S(=O)(=O)NC2CCN(c3ccccn3)CC2)c(C)o1. The van der Waals surface area contributed by atoms with Crippen LogP contribution >= 0.6 is 0 Å². The maximum Gasteiger partial charge on any atom is 0.244 e. The largest absolute Gasteiger partial charge is 0.465 e. The third-order valence-corrected chi connectivity index (χ3v) is 5.70. The summed E-state index contributed by atoms with van der Waals surface area (Å²) >= 11 is 0. The number of furan rings is 1. The van der Waals surface area contributed by atoms with Crippen molar-refractivity contribution in [2.75, 3.05) is 18.0 Å². The zero-order chi connectivity index (χ0) is 16.4. The van der Waals surface area contributed by atoms with Crippen LogP contribution in [0.4, 0.5) is 5.82 Å². The Balaban J connectivity index is 1.63. The maximum atomic E-state index is 12.5. The Bertz CT molecular complexity index is 763. The number of nitrogens with one attached hydrogen (secondary N) is 1. The van der Waals surface area contributed by atoms with Crippen molar-refractivity contribution in [1.82, 2.24) is 9.71 Å². The van der Waals surface area contributed by atoms with Gasteiger partial charge in [0.05, 0.1) is 0 Å². The van der Waals surface area contributed by atoms with Crippen molar-refractivity contribution in [2.45, 2.75) is 37.6 Å². The average Bonchev–Trinajstić information content (AvgIpc) is 2.88. The predicted molar refractivity (Wildman–Crippen MR) is 88.0 cm³/mol. The minimum Gasteiger partial charge on any atom is -0.465 e. The van der Waals surface area contributed by atoms with Crippen LogP contribution in [0.3, 0.4) is 0 Å². The Morgan fingerprint density at radius 2 is 2.00 bits per heavy atom. The van der Waals surface area contributed by atoms with E-state index in [1.807, 2.05) is 18.2 Å². The lowest BCUT2D eigenvalue weighted by molar-refractivity contribution is 0.456. The summed E-state index contributed by atoms with van der Waals surface area (Å²) in [6.45, 7) is 4.99. The molecule has 7 heteroatoms. The monoisotopic (exact) mass is 335 g/mol. The Labute approximate surface area is 136 Å². The van der Waals surface area contributed by atoms with Crippen molar-refractivity contribution in [2.24, 2.45) is 0 Å². The molecular weight excluding hydrogens is 314 g/mol. The molecule has 2 aromatic rings. The second-order valence-electron chi connectivity index (χ2n) is 5.85. The highest BCUT2D eigenvalue weighted by atomic mass is 32.2. The molecule has 0 unspecified atom stereocenters. The van der Waals surface area contributed by atoms with Gasteiger partial charge >= 0.3 is 0 Å². The first kappa shape index (κ1) is 16.0. The highest BCUT2D eigenvalue weighted by molar-refractivity contribution is 7.89. The molecule has 0 aliphatic carbocycles. The first-order valence-electron chi connectivity index (χ1n) is 7.71. The molecule has 6 nitrogen and oxygen atoms in total. The van der Waals surface area contributed by atoms with E-state index in [0.29, 0.717) is 11.5 Å². The van der Waals surface area contributed by atoms with Gasteiger partial charge < -0.3 is 9.32 Å². The summed E-state index contributed by atoms with van der Waals surface area (Å²) in [4.78, 5) is 6.76. The molecule has 3 rings (SSSR count). The van der Waals surface area contributed by atoms with E-state index in [4.69, 9.17) is 4.42 Å². The van der Waals surface area contributed by atoms with Crippen LogP contribution in [0.5, 0.6) is 0 Å². The number of rotatable bonds is 4. The summed E-state index contributed by atoms with van der Waals surface area (Å²) in [5, 5.41) is 0. The molecule has 0 amide bonds. The van der Waals surface area contributed by atoms with Gasteiger partial charge in [-0.25, -0.2) is 18.1 Å². The van der Waals surface area contributed by atoms with Gasteiger partial charge in [-0.1, -0.05) is 6.07 Å². The van der Waals surface area contributed by atoms with Crippen LogP contribution in [-0.4, -0.2) is 32.5 Å². The number of aryl methyl sites for hydroxylation is 2. The molecule has 1 N–H and O–H groups in total. The lowest BCUT2D eigenvalue weighted by Gasteiger charge is -2.32. The van der Waals surface area contributed by atoms with Crippen molar-refractivity contribution in [3.63, 3.8) is 0 Å². The third kappa shape index (κ3) is 3.56. The van der Waals surface area contributed by atoms with Gasteiger partial charge in [-0.05, 0) is 44.9 Å². The molecule has 23 heavy (non-hydrogen) atoms. The van der Waals surface area contributed by atoms with Crippen molar-refractivity contribution in [3.8, 4) is 0 Å². The fourth-order valence-corrected chi connectivity index (χ4v) is 4.47. The minimum atomic E-state index is -3.53. The normalized spacial score (nSPS) is 16.7. The topological polar surface area (TPSA) is 75.4 Å². The minimum absolute atomic E-state index is 0.0606. The van der Waals surface area contributed by atoms with E-state index < -0.39 is 10.0 Å². The van der Waals surface area contributed by atoms with Gasteiger partial charge in [-0.2, -0.15) is 0 Å². The Kier molecular flexibility index (Phi) is 4.41. The lowest BCUT2D eigenvalue weighted by Crippen LogP contribution is -2.44. The number of pyridine rings is 1. The number of hydrogen-bond acceptors (Lipinski definition) is 5. The third-order valence-electron chi connectivity index (χ3n) is 4.07. The molecule has 0 bridgehead atoms. The highest BCUT2D eigenvalue weighted by Crippen LogP contribution is 2.22. The van der Waals surface area contributed by atoms with Crippen LogP contribution in [0, 0.1) is 13.8 Å². The van der Waals surface area contributed by atoms with E-state index in [2.05, 4.69) is 14.6 Å². The van der Waals surface area contributed by atoms with Gasteiger partial charge in [0.15, 0.2) is 0 Å². The van der Waals surface area contributed by atoms with Crippen LogP contribution in [0.2, 0.25) is 0 Å². The van der Waals surface area contributed by atoms with Gasteiger partial charge in [-0.3, -0.25) is 0 Å². The van der Waals surface area contributed by atoms with E-state index in [1.165, 1.54) is 0 Å². The molecule has 0 radical (unpaired) electrons. The standard InChI is InChI=1S/C16H21N3O3S/c1-12-11-15(13(2)22-12)23(20,21)18-14-6-9-19(10-7-14)16-5-3-4-8-17-16/h3-5,8,11,14,18H,6-7,9-10H2,1-2H3. The molecule has 1 saturated heterocycles. The highest BCUT2D eigenvalue weighted by Gasteiger charge is 2.27. The van der Waals surface area contributed by atoms with Crippen LogP contribution in [0.25, 0.3) is 0 Å². The van der Waals surface area contributed by atoms with Crippen molar-refractivity contribution in [3.05, 3.63) is 42.0 Å². The molecule has 2 aromatic heterocycles. The maximum absolute atomic E-state index is 12.5. The first-order chi connectivity index (χ1) is 11.0. The van der Waals surface area contributed by atoms with E-state index in [0.717, 1.165) is 31.7 Å². The molecule has 0 aromatic carbocycles. The summed E-state index contributed by atoms with van der Waals surface area (Å²) in [5.41, 5.74) is 0. The van der Waals surface area contributed by atoms with Gasteiger partial charge in [0.25, 0.3) is 0 Å². The molecule has 124 valence electrons. The number of nitrogens with zero attached hydrogens (tertiary/aromatic N) is 2. The predicted octanol–water partition coefficient (Wildman–Crippen LogP) is 2.24. The van der Waals surface area contributed by atoms with Gasteiger partial charge in [0.1, 0.15) is 22.2 Å². The Hall–Kier alpha value is -1.86. The van der Waals surface area contributed by atoms with E-state index >= 15 is 0 Å². The zero-order valence-corrected chi connectivity index (χ0v) is 14.1. The van der Waals surface area contributed by atoms with E-state index in [1.54, 1.807) is 26.1 Å². The van der Waals surface area contributed by atoms with Crippen molar-refractivity contribution in [1.29, 1.82) is 0 Å². The number of piperidine rings is 1. The second-order valence-corrected chi connectivity index (χ2v) is 7.53. The zero-order valence-electron chi connectivity index (χ0n) is 13.3. The van der Waals surface area contributed by atoms with Crippen LogP contribution in [0.15, 0.2) is 39.8 Å². The number of hydrogen-bond donors (Lipinski definition) is 1. The molecule has 1 fully saturated rings. The summed E-state index contributed by atoms with van der Waals surface area (Å²) in [6, 6.07) is 7.33. The number of sulfonamides is 1. The fourth-order valence-electron chi connectivity index (χ4n) is 2.92. The Morgan fingerprint density at radius 1 is 1.26 bits per heavy atom. The molecular formula is C16H21N3O3S. The van der Waals surface area contributed by atoms with Crippen LogP contribution in [0.1, 0.15) is 24.4 Å². The summed E-state index contributed by atoms with van der Waals surface area (Å²) in [5.74, 6) is 1.98. The van der Waals surface area contributed by atoms with Crippen LogP contribution < -0.4 is 9.62 Å². The Morgan fingerprint density at radius 3 is 2.57 bits per heavy atom. The molecule has 3 heterocycles. The quantitative estimate of drug-likeness (QED) is 0.927. The number of anilines is 1. The average molecular weight is 335 g/mol. The van der Waals surface area contributed by atoms with Gasteiger partial charge in [0.2, 0.25) is 10.0 Å². The lowest BCUT2D eigenvalue weighted by atomic mass is 10.1.